The zero-order chi connectivity index (χ0) is 15.8. The molecule has 2 aromatic rings. The van der Waals surface area contributed by atoms with Crippen LogP contribution in [0, 0.1) is 0 Å². The Labute approximate surface area is 140 Å². The lowest BCUT2D eigenvalue weighted by Crippen LogP contribution is -2.36. The molecule has 0 atom stereocenters. The molecule has 2 rings (SSSR count). The first-order valence-corrected chi connectivity index (χ1v) is 9.41. The van der Waals surface area contributed by atoms with E-state index in [1.165, 1.54) is 14.6 Å². The SMILES string of the molecule is CCNC(=NCc1ccc(CC)s1)NCc1ncc(CC)s1. The highest BCUT2D eigenvalue weighted by Gasteiger charge is 2.03. The summed E-state index contributed by atoms with van der Waals surface area (Å²) in [5.41, 5.74) is 0. The number of hydrogen-bond donors (Lipinski definition) is 2. The minimum atomic E-state index is 0.720. The van der Waals surface area contributed by atoms with Gasteiger partial charge >= 0.3 is 0 Å². The highest BCUT2D eigenvalue weighted by Crippen LogP contribution is 2.17. The van der Waals surface area contributed by atoms with Crippen LogP contribution >= 0.6 is 22.7 Å². The Morgan fingerprint density at radius 2 is 1.82 bits per heavy atom. The molecule has 0 aliphatic heterocycles. The van der Waals surface area contributed by atoms with Crippen molar-refractivity contribution in [2.24, 2.45) is 4.99 Å². The van der Waals surface area contributed by atoms with E-state index in [1.807, 2.05) is 17.5 Å². The van der Waals surface area contributed by atoms with Crippen LogP contribution in [0.4, 0.5) is 0 Å². The largest absolute Gasteiger partial charge is 0.357 e. The van der Waals surface area contributed by atoms with E-state index in [1.54, 1.807) is 11.3 Å². The topological polar surface area (TPSA) is 49.3 Å². The first-order valence-electron chi connectivity index (χ1n) is 7.78. The van der Waals surface area contributed by atoms with Crippen LogP contribution in [0.5, 0.6) is 0 Å². The van der Waals surface area contributed by atoms with E-state index in [-0.39, 0.29) is 0 Å². The molecule has 0 unspecified atom stereocenters. The first-order chi connectivity index (χ1) is 10.7. The van der Waals surface area contributed by atoms with Crippen LogP contribution in [0.25, 0.3) is 0 Å². The molecule has 2 heterocycles. The number of aryl methyl sites for hydroxylation is 2. The van der Waals surface area contributed by atoms with Crippen LogP contribution in [0.2, 0.25) is 0 Å². The molecule has 22 heavy (non-hydrogen) atoms. The van der Waals surface area contributed by atoms with Gasteiger partial charge in [-0.3, -0.25) is 0 Å². The number of aromatic nitrogens is 1. The van der Waals surface area contributed by atoms with Crippen LogP contribution in [0.15, 0.2) is 23.3 Å². The van der Waals surface area contributed by atoms with E-state index in [0.717, 1.165) is 43.4 Å². The molecule has 0 aromatic carbocycles. The van der Waals surface area contributed by atoms with Crippen LogP contribution < -0.4 is 10.6 Å². The number of nitrogens with one attached hydrogen (secondary N) is 2. The van der Waals surface area contributed by atoms with Crippen molar-refractivity contribution in [3.8, 4) is 0 Å². The number of thiazole rings is 1. The number of aliphatic imine (C=N–C) groups is 1. The minimum absolute atomic E-state index is 0.720. The summed E-state index contributed by atoms with van der Waals surface area (Å²) in [5, 5.41) is 7.75. The molecule has 0 aliphatic carbocycles. The molecule has 6 heteroatoms. The molecule has 2 N–H and O–H groups in total. The standard InChI is InChI=1S/C16H24N4S2/c1-4-12-7-8-14(21-12)10-19-16(17-6-3)20-11-15-18-9-13(5-2)22-15/h7-9H,4-6,10-11H2,1-3H3,(H2,17,19,20). The lowest BCUT2D eigenvalue weighted by atomic mass is 10.4. The van der Waals surface area contributed by atoms with Gasteiger partial charge in [-0.15, -0.1) is 22.7 Å². The van der Waals surface area contributed by atoms with Gasteiger partial charge in [-0.1, -0.05) is 13.8 Å². The average molecular weight is 337 g/mol. The molecule has 0 spiro atoms. The second kappa shape index (κ2) is 8.90. The summed E-state index contributed by atoms with van der Waals surface area (Å²) < 4.78 is 0. The fourth-order valence-corrected chi connectivity index (χ4v) is 3.63. The Balaban J connectivity index is 1.91. The van der Waals surface area contributed by atoms with E-state index in [0.29, 0.717) is 0 Å². The van der Waals surface area contributed by atoms with E-state index >= 15 is 0 Å². The van der Waals surface area contributed by atoms with Crippen LogP contribution in [0.3, 0.4) is 0 Å². The van der Waals surface area contributed by atoms with Crippen molar-refractivity contribution in [2.45, 2.75) is 46.7 Å². The van der Waals surface area contributed by atoms with Gasteiger partial charge in [0.25, 0.3) is 0 Å². The number of rotatable bonds is 7. The molecule has 0 radical (unpaired) electrons. The van der Waals surface area contributed by atoms with Crippen LogP contribution in [0.1, 0.15) is 40.4 Å². The minimum Gasteiger partial charge on any atom is -0.357 e. The second-order valence-corrected chi connectivity index (χ2v) is 7.30. The van der Waals surface area contributed by atoms with Crippen molar-refractivity contribution < 1.29 is 0 Å². The summed E-state index contributed by atoms with van der Waals surface area (Å²) >= 11 is 3.60. The molecule has 0 bridgehead atoms. The van der Waals surface area contributed by atoms with E-state index in [2.05, 4.69) is 53.5 Å². The van der Waals surface area contributed by atoms with E-state index < -0.39 is 0 Å². The number of nitrogens with zero attached hydrogens (tertiary/aromatic N) is 2. The summed E-state index contributed by atoms with van der Waals surface area (Å²) in [6.07, 6.45) is 4.10. The summed E-state index contributed by atoms with van der Waals surface area (Å²) in [4.78, 5) is 13.1. The van der Waals surface area contributed by atoms with Gasteiger partial charge in [0.15, 0.2) is 5.96 Å². The first kappa shape index (κ1) is 17.0. The number of hydrogen-bond acceptors (Lipinski definition) is 4. The zero-order valence-electron chi connectivity index (χ0n) is 13.5. The van der Waals surface area contributed by atoms with Gasteiger partial charge in [0.1, 0.15) is 5.01 Å². The number of thiophene rings is 1. The summed E-state index contributed by atoms with van der Waals surface area (Å²) in [7, 11) is 0. The second-order valence-electron chi connectivity index (χ2n) is 4.84. The Kier molecular flexibility index (Phi) is 6.86. The monoisotopic (exact) mass is 336 g/mol. The summed E-state index contributed by atoms with van der Waals surface area (Å²) in [6, 6.07) is 4.36. The Morgan fingerprint density at radius 3 is 2.45 bits per heavy atom. The zero-order valence-corrected chi connectivity index (χ0v) is 15.1. The highest BCUT2D eigenvalue weighted by atomic mass is 32.1. The molecule has 120 valence electrons. The lowest BCUT2D eigenvalue weighted by Gasteiger charge is -2.09. The Morgan fingerprint density at radius 1 is 1.05 bits per heavy atom. The third-order valence-corrected chi connectivity index (χ3v) is 5.52. The maximum Gasteiger partial charge on any atom is 0.191 e. The third kappa shape index (κ3) is 5.10. The predicted molar refractivity (Wildman–Crippen MR) is 96.8 cm³/mol. The van der Waals surface area contributed by atoms with Crippen molar-refractivity contribution in [3.63, 3.8) is 0 Å². The summed E-state index contributed by atoms with van der Waals surface area (Å²) in [6.45, 7) is 8.72. The molecule has 0 fully saturated rings. The van der Waals surface area contributed by atoms with Gasteiger partial charge in [-0.25, -0.2) is 9.98 Å². The van der Waals surface area contributed by atoms with E-state index in [9.17, 15) is 0 Å². The summed E-state index contributed by atoms with van der Waals surface area (Å²) in [5.74, 6) is 0.849. The average Bonchev–Trinajstić information content (AvgIpc) is 3.18. The molecule has 0 saturated heterocycles. The van der Waals surface area contributed by atoms with Gasteiger partial charge in [0, 0.05) is 27.4 Å². The lowest BCUT2D eigenvalue weighted by molar-refractivity contribution is 0.813. The van der Waals surface area contributed by atoms with Crippen LogP contribution in [-0.2, 0) is 25.9 Å². The van der Waals surface area contributed by atoms with Crippen molar-refractivity contribution in [2.75, 3.05) is 6.54 Å². The normalized spacial score (nSPS) is 11.7. The Hall–Kier alpha value is -1.40. The molecule has 4 nitrogen and oxygen atoms in total. The number of guanidine groups is 1. The fourth-order valence-electron chi connectivity index (χ4n) is 1.95. The highest BCUT2D eigenvalue weighted by molar-refractivity contribution is 7.12. The van der Waals surface area contributed by atoms with Crippen molar-refractivity contribution >= 4 is 28.6 Å². The van der Waals surface area contributed by atoms with Crippen molar-refractivity contribution in [1.82, 2.24) is 15.6 Å². The van der Waals surface area contributed by atoms with Crippen LogP contribution in [-0.4, -0.2) is 17.5 Å². The fraction of sp³-hybridized carbons (Fsp3) is 0.500. The molecule has 0 amide bonds. The van der Waals surface area contributed by atoms with Crippen molar-refractivity contribution in [1.29, 1.82) is 0 Å². The maximum atomic E-state index is 4.66. The molecular weight excluding hydrogens is 312 g/mol. The van der Waals surface area contributed by atoms with Crippen molar-refractivity contribution in [3.05, 3.63) is 38.0 Å². The smallest absolute Gasteiger partial charge is 0.191 e. The maximum absolute atomic E-state index is 4.66. The molecule has 0 saturated carbocycles. The Bertz CT molecular complexity index is 601. The van der Waals surface area contributed by atoms with Gasteiger partial charge in [0.2, 0.25) is 0 Å². The molecule has 0 aliphatic rings. The van der Waals surface area contributed by atoms with Gasteiger partial charge in [-0.05, 0) is 31.9 Å². The van der Waals surface area contributed by atoms with Gasteiger partial charge < -0.3 is 10.6 Å². The van der Waals surface area contributed by atoms with Gasteiger partial charge in [-0.2, -0.15) is 0 Å². The quantitative estimate of drug-likeness (QED) is 0.600. The van der Waals surface area contributed by atoms with E-state index in [4.69, 9.17) is 0 Å². The molecule has 2 aromatic heterocycles. The van der Waals surface area contributed by atoms with Gasteiger partial charge in [0.05, 0.1) is 13.1 Å². The predicted octanol–water partition coefficient (Wildman–Crippen LogP) is 3.58. The third-order valence-electron chi connectivity index (χ3n) is 3.16. The molecular formula is C16H24N4S2.